The van der Waals surface area contributed by atoms with Crippen LogP contribution in [0.15, 0.2) is 24.3 Å². The number of hydrogen-bond acceptors (Lipinski definition) is 3. The average molecular weight is 232 g/mol. The molecule has 0 aliphatic heterocycles. The Morgan fingerprint density at radius 2 is 2.12 bits per heavy atom. The topological polar surface area (TPSA) is 54.3 Å². The van der Waals surface area contributed by atoms with Crippen molar-refractivity contribution in [3.63, 3.8) is 0 Å². The van der Waals surface area contributed by atoms with E-state index in [1.807, 2.05) is 22.8 Å². The molecule has 2 rings (SSSR count). The minimum absolute atomic E-state index is 0.275. The summed E-state index contributed by atoms with van der Waals surface area (Å²) in [6.07, 6.45) is 0. The molecule has 17 heavy (non-hydrogen) atoms. The summed E-state index contributed by atoms with van der Waals surface area (Å²) in [5, 5.41) is 11.9. The number of carboxylic acids is 1. The predicted molar refractivity (Wildman–Crippen MR) is 62.9 cm³/mol. The van der Waals surface area contributed by atoms with Gasteiger partial charge in [0.1, 0.15) is 0 Å². The van der Waals surface area contributed by atoms with Gasteiger partial charge in [-0.2, -0.15) is 0 Å². The molecule has 90 valence electrons. The second-order valence-corrected chi connectivity index (χ2v) is 3.91. The van der Waals surface area contributed by atoms with Crippen LogP contribution in [0.1, 0.15) is 16.1 Å². The van der Waals surface area contributed by atoms with E-state index in [4.69, 9.17) is 4.74 Å². The molecule has 0 N–H and O–H groups in total. The standard InChI is InChI=1S/C13H15NO3/c1-9-12(13(15)16)10-5-3-4-6-11(10)14(9)7-8-17-2/h3-6H,7-8H2,1-2H3,(H,15,16)/p-1. The van der Waals surface area contributed by atoms with Gasteiger partial charge in [-0.1, -0.05) is 18.2 Å². The molecule has 1 aromatic heterocycles. The van der Waals surface area contributed by atoms with E-state index < -0.39 is 5.97 Å². The third-order valence-corrected chi connectivity index (χ3v) is 2.95. The van der Waals surface area contributed by atoms with E-state index in [0.29, 0.717) is 18.8 Å². The minimum Gasteiger partial charge on any atom is -0.545 e. The smallest absolute Gasteiger partial charge is 0.0739 e. The Labute approximate surface area is 99.4 Å². The lowest BCUT2D eigenvalue weighted by atomic mass is 10.1. The largest absolute Gasteiger partial charge is 0.545 e. The number of benzene rings is 1. The van der Waals surface area contributed by atoms with E-state index in [-0.39, 0.29) is 5.56 Å². The molecule has 4 nitrogen and oxygen atoms in total. The first-order valence-electron chi connectivity index (χ1n) is 5.45. The van der Waals surface area contributed by atoms with E-state index in [2.05, 4.69) is 0 Å². The van der Waals surface area contributed by atoms with Crippen molar-refractivity contribution in [1.82, 2.24) is 4.57 Å². The fourth-order valence-corrected chi connectivity index (χ4v) is 2.16. The highest BCUT2D eigenvalue weighted by Gasteiger charge is 2.13. The zero-order valence-corrected chi connectivity index (χ0v) is 9.90. The first-order valence-corrected chi connectivity index (χ1v) is 5.45. The van der Waals surface area contributed by atoms with Crippen LogP contribution in [0.5, 0.6) is 0 Å². The summed E-state index contributed by atoms with van der Waals surface area (Å²) in [6, 6.07) is 7.43. The van der Waals surface area contributed by atoms with Crippen molar-refractivity contribution in [1.29, 1.82) is 0 Å². The van der Waals surface area contributed by atoms with E-state index in [0.717, 1.165) is 10.9 Å². The lowest BCUT2D eigenvalue weighted by molar-refractivity contribution is -0.254. The third-order valence-electron chi connectivity index (χ3n) is 2.95. The second kappa shape index (κ2) is 4.59. The van der Waals surface area contributed by atoms with Gasteiger partial charge in [0.05, 0.1) is 12.6 Å². The van der Waals surface area contributed by atoms with Crippen molar-refractivity contribution in [3.05, 3.63) is 35.5 Å². The van der Waals surface area contributed by atoms with Crippen LogP contribution < -0.4 is 5.11 Å². The SMILES string of the molecule is COCCn1c(C)c(C(=O)[O-])c2ccccc21. The van der Waals surface area contributed by atoms with Gasteiger partial charge >= 0.3 is 0 Å². The summed E-state index contributed by atoms with van der Waals surface area (Å²) in [5.41, 5.74) is 1.89. The molecule has 0 fully saturated rings. The highest BCUT2D eigenvalue weighted by molar-refractivity contribution is 6.04. The number of aromatic nitrogens is 1. The maximum absolute atomic E-state index is 11.2. The van der Waals surface area contributed by atoms with Gasteiger partial charge in [0, 0.05) is 35.8 Å². The second-order valence-electron chi connectivity index (χ2n) is 3.91. The Balaban J connectivity index is 2.66. The zero-order chi connectivity index (χ0) is 12.4. The summed E-state index contributed by atoms with van der Waals surface area (Å²) in [7, 11) is 1.63. The van der Waals surface area contributed by atoms with E-state index in [1.54, 1.807) is 20.1 Å². The molecule has 0 unspecified atom stereocenters. The van der Waals surface area contributed by atoms with Crippen molar-refractivity contribution in [2.45, 2.75) is 13.5 Å². The fraction of sp³-hybridized carbons (Fsp3) is 0.308. The van der Waals surface area contributed by atoms with E-state index in [1.165, 1.54) is 0 Å². The molecule has 0 aliphatic carbocycles. The van der Waals surface area contributed by atoms with Gasteiger partial charge in [0.15, 0.2) is 0 Å². The number of methoxy groups -OCH3 is 1. The maximum atomic E-state index is 11.2. The zero-order valence-electron chi connectivity index (χ0n) is 9.90. The molecule has 0 bridgehead atoms. The fourth-order valence-electron chi connectivity index (χ4n) is 2.16. The van der Waals surface area contributed by atoms with Gasteiger partial charge < -0.3 is 19.2 Å². The van der Waals surface area contributed by atoms with Crippen molar-refractivity contribution in [2.75, 3.05) is 13.7 Å². The van der Waals surface area contributed by atoms with Crippen molar-refractivity contribution >= 4 is 16.9 Å². The average Bonchev–Trinajstić information content (AvgIpc) is 2.58. The van der Waals surface area contributed by atoms with Crippen LogP contribution in [0.25, 0.3) is 10.9 Å². The van der Waals surface area contributed by atoms with Gasteiger partial charge in [-0.15, -0.1) is 0 Å². The van der Waals surface area contributed by atoms with Crippen LogP contribution >= 0.6 is 0 Å². The summed E-state index contributed by atoms with van der Waals surface area (Å²) >= 11 is 0. The normalized spacial score (nSPS) is 10.9. The Morgan fingerprint density at radius 3 is 2.76 bits per heavy atom. The number of carbonyl (C=O) groups is 1. The Kier molecular flexibility index (Phi) is 3.15. The lowest BCUT2D eigenvalue weighted by Gasteiger charge is -2.08. The molecule has 0 atom stereocenters. The Morgan fingerprint density at radius 1 is 1.41 bits per heavy atom. The number of ether oxygens (including phenoxy) is 1. The molecule has 0 radical (unpaired) electrons. The monoisotopic (exact) mass is 232 g/mol. The number of fused-ring (bicyclic) bond motifs is 1. The molecule has 0 amide bonds. The summed E-state index contributed by atoms with van der Waals surface area (Å²) < 4.78 is 6.98. The van der Waals surface area contributed by atoms with Gasteiger partial charge in [0.2, 0.25) is 0 Å². The number of para-hydroxylation sites is 1. The number of carboxylic acid groups (broad SMARTS) is 1. The van der Waals surface area contributed by atoms with Crippen molar-refractivity contribution in [3.8, 4) is 0 Å². The Hall–Kier alpha value is -1.81. The van der Waals surface area contributed by atoms with Crippen molar-refractivity contribution < 1.29 is 14.6 Å². The molecule has 1 heterocycles. The predicted octanol–water partition coefficient (Wildman–Crippen LogP) is 0.960. The van der Waals surface area contributed by atoms with Gasteiger partial charge in [-0.05, 0) is 13.0 Å². The number of aromatic carboxylic acids is 1. The van der Waals surface area contributed by atoms with E-state index in [9.17, 15) is 9.90 Å². The first kappa shape index (κ1) is 11.7. The van der Waals surface area contributed by atoms with Gasteiger partial charge in [0.25, 0.3) is 0 Å². The molecule has 0 aliphatic rings. The minimum atomic E-state index is -1.13. The molecular formula is C13H14NO3-. The maximum Gasteiger partial charge on any atom is 0.0739 e. The quantitative estimate of drug-likeness (QED) is 0.789. The van der Waals surface area contributed by atoms with Crippen LogP contribution in [0.2, 0.25) is 0 Å². The van der Waals surface area contributed by atoms with Crippen molar-refractivity contribution in [2.24, 2.45) is 0 Å². The molecular weight excluding hydrogens is 218 g/mol. The molecule has 0 spiro atoms. The molecule has 1 aromatic carbocycles. The van der Waals surface area contributed by atoms with Crippen LogP contribution in [0.4, 0.5) is 0 Å². The number of hydrogen-bond donors (Lipinski definition) is 0. The van der Waals surface area contributed by atoms with E-state index >= 15 is 0 Å². The van der Waals surface area contributed by atoms with Gasteiger partial charge in [-0.25, -0.2) is 0 Å². The summed E-state index contributed by atoms with van der Waals surface area (Å²) in [4.78, 5) is 11.2. The highest BCUT2D eigenvalue weighted by atomic mass is 16.5. The van der Waals surface area contributed by atoms with Crippen LogP contribution in [-0.2, 0) is 11.3 Å². The van der Waals surface area contributed by atoms with Crippen LogP contribution in [0.3, 0.4) is 0 Å². The van der Waals surface area contributed by atoms with Crippen LogP contribution in [-0.4, -0.2) is 24.3 Å². The number of rotatable bonds is 4. The highest BCUT2D eigenvalue weighted by Crippen LogP contribution is 2.25. The van der Waals surface area contributed by atoms with Gasteiger partial charge in [-0.3, -0.25) is 0 Å². The molecule has 2 aromatic rings. The third kappa shape index (κ3) is 1.91. The lowest BCUT2D eigenvalue weighted by Crippen LogP contribution is -2.23. The number of nitrogens with zero attached hydrogens (tertiary/aromatic N) is 1. The molecule has 4 heteroatoms. The Bertz CT molecular complexity index is 557. The molecule has 0 saturated carbocycles. The summed E-state index contributed by atoms with van der Waals surface area (Å²) in [6.45, 7) is 2.98. The number of carbonyl (C=O) groups excluding carboxylic acids is 1. The van der Waals surface area contributed by atoms with Crippen LogP contribution in [0, 0.1) is 6.92 Å². The molecule has 0 saturated heterocycles. The first-order chi connectivity index (χ1) is 8.16. The summed E-state index contributed by atoms with van der Waals surface area (Å²) in [5.74, 6) is -1.13.